The number of nitrogens with zero attached hydrogens (tertiary/aromatic N) is 1. The van der Waals surface area contributed by atoms with Gasteiger partial charge in [0.15, 0.2) is 0 Å². The first kappa shape index (κ1) is 26.6. The summed E-state index contributed by atoms with van der Waals surface area (Å²) in [6.07, 6.45) is 13.5. The third-order valence-electron chi connectivity index (χ3n) is 6.52. The molecule has 1 aromatic rings. The van der Waals surface area contributed by atoms with Gasteiger partial charge < -0.3 is 4.74 Å². The Balaban J connectivity index is 1.86. The van der Waals surface area contributed by atoms with Crippen molar-refractivity contribution in [3.8, 4) is 0 Å². The summed E-state index contributed by atoms with van der Waals surface area (Å²) in [5.41, 5.74) is 0.909. The van der Waals surface area contributed by atoms with Crippen molar-refractivity contribution in [1.82, 2.24) is 5.06 Å². The third kappa shape index (κ3) is 8.71. The predicted molar refractivity (Wildman–Crippen MR) is 132 cm³/mol. The molecule has 1 fully saturated rings. The molecule has 1 heterocycles. The molecule has 0 aromatic heterocycles. The van der Waals surface area contributed by atoms with Crippen molar-refractivity contribution >= 4 is 5.97 Å². The summed E-state index contributed by atoms with van der Waals surface area (Å²) in [5, 5.41) is 2.15. The SMILES string of the molecule is C=CCCCCCCCCC(=O)OCC(ON1C(C)(C)CCCC1(C)C)c1ccccc1. The molecule has 1 aliphatic heterocycles. The standard InChI is InChI=1S/C28H45NO3/c1-6-7-8-9-10-11-12-16-20-26(30)31-23-25(24-18-14-13-15-19-24)32-29-27(2,3)21-17-22-28(29,4)5/h6,13-15,18-19,25H,1,7-12,16-17,20-23H2,2-5H3. The number of hydrogen-bond donors (Lipinski definition) is 0. The van der Waals surface area contributed by atoms with Gasteiger partial charge in [-0.25, -0.2) is 0 Å². The smallest absolute Gasteiger partial charge is 0.305 e. The Kier molecular flexibility index (Phi) is 10.9. The van der Waals surface area contributed by atoms with Crippen LogP contribution < -0.4 is 0 Å². The quantitative estimate of drug-likeness (QED) is 0.169. The highest BCUT2D eigenvalue weighted by molar-refractivity contribution is 5.69. The van der Waals surface area contributed by atoms with E-state index in [2.05, 4.69) is 51.5 Å². The van der Waals surface area contributed by atoms with Crippen LogP contribution >= 0.6 is 0 Å². The minimum atomic E-state index is -0.304. The van der Waals surface area contributed by atoms with E-state index in [1.807, 2.05) is 24.3 Å². The summed E-state index contributed by atoms with van der Waals surface area (Å²) < 4.78 is 5.69. The van der Waals surface area contributed by atoms with Crippen molar-refractivity contribution in [2.75, 3.05) is 6.61 Å². The Morgan fingerprint density at radius 1 is 1.00 bits per heavy atom. The molecule has 180 valence electrons. The van der Waals surface area contributed by atoms with E-state index < -0.39 is 0 Å². The Morgan fingerprint density at radius 3 is 2.22 bits per heavy atom. The number of carbonyl (C=O) groups excluding carboxylic acids is 1. The minimum absolute atomic E-state index is 0.0650. The number of hydrogen-bond acceptors (Lipinski definition) is 4. The largest absolute Gasteiger partial charge is 0.462 e. The monoisotopic (exact) mass is 443 g/mol. The fourth-order valence-electron chi connectivity index (χ4n) is 4.75. The Morgan fingerprint density at radius 2 is 1.59 bits per heavy atom. The van der Waals surface area contributed by atoms with Crippen molar-refractivity contribution in [1.29, 1.82) is 0 Å². The zero-order valence-electron chi connectivity index (χ0n) is 20.9. The fraction of sp³-hybridized carbons (Fsp3) is 0.679. The van der Waals surface area contributed by atoms with Gasteiger partial charge >= 0.3 is 5.97 Å². The molecule has 0 saturated carbocycles. The lowest BCUT2D eigenvalue weighted by Crippen LogP contribution is -2.58. The van der Waals surface area contributed by atoms with E-state index in [0.717, 1.165) is 37.7 Å². The lowest BCUT2D eigenvalue weighted by Gasteiger charge is -2.52. The second kappa shape index (κ2) is 13.2. The second-order valence-electron chi connectivity index (χ2n) is 10.4. The zero-order valence-corrected chi connectivity index (χ0v) is 20.9. The zero-order chi connectivity index (χ0) is 23.5. The Hall–Kier alpha value is -1.65. The molecule has 2 rings (SSSR count). The van der Waals surface area contributed by atoms with Crippen molar-refractivity contribution in [2.24, 2.45) is 0 Å². The van der Waals surface area contributed by atoms with Crippen molar-refractivity contribution < 1.29 is 14.4 Å². The van der Waals surface area contributed by atoms with Gasteiger partial charge in [0.25, 0.3) is 0 Å². The van der Waals surface area contributed by atoms with E-state index in [0.29, 0.717) is 6.42 Å². The molecule has 1 aliphatic rings. The predicted octanol–water partition coefficient (Wildman–Crippen LogP) is 7.55. The maximum atomic E-state index is 12.4. The number of carbonyl (C=O) groups is 1. The number of unbranched alkanes of at least 4 members (excludes halogenated alkanes) is 6. The fourth-order valence-corrected chi connectivity index (χ4v) is 4.75. The van der Waals surface area contributed by atoms with Gasteiger partial charge in [-0.05, 0) is 71.8 Å². The highest BCUT2D eigenvalue weighted by Gasteiger charge is 2.43. The first-order valence-corrected chi connectivity index (χ1v) is 12.5. The van der Waals surface area contributed by atoms with E-state index in [1.165, 1.54) is 32.1 Å². The van der Waals surface area contributed by atoms with Crippen LogP contribution in [0.1, 0.15) is 110 Å². The molecule has 1 saturated heterocycles. The number of allylic oxidation sites excluding steroid dienone is 1. The summed E-state index contributed by atoms with van der Waals surface area (Å²) in [5.74, 6) is -0.127. The van der Waals surface area contributed by atoms with Crippen LogP contribution in [0.4, 0.5) is 0 Å². The lowest BCUT2D eigenvalue weighted by atomic mass is 9.82. The van der Waals surface area contributed by atoms with Crippen molar-refractivity contribution in [3.63, 3.8) is 0 Å². The van der Waals surface area contributed by atoms with Gasteiger partial charge in [0.2, 0.25) is 0 Å². The molecule has 0 N–H and O–H groups in total. The number of rotatable bonds is 14. The van der Waals surface area contributed by atoms with Crippen LogP contribution in [-0.4, -0.2) is 28.7 Å². The maximum absolute atomic E-state index is 12.4. The topological polar surface area (TPSA) is 38.8 Å². The molecule has 0 bridgehead atoms. The van der Waals surface area contributed by atoms with Crippen molar-refractivity contribution in [2.45, 2.75) is 116 Å². The molecule has 1 atom stereocenters. The van der Waals surface area contributed by atoms with Gasteiger partial charge in [-0.1, -0.05) is 62.1 Å². The number of hydroxylamine groups is 2. The van der Waals surface area contributed by atoms with E-state index in [-0.39, 0.29) is 29.8 Å². The first-order valence-electron chi connectivity index (χ1n) is 12.5. The van der Waals surface area contributed by atoms with Crippen LogP contribution in [0.2, 0.25) is 0 Å². The van der Waals surface area contributed by atoms with Crippen LogP contribution in [0.25, 0.3) is 0 Å². The number of esters is 1. The van der Waals surface area contributed by atoms with Crippen LogP contribution in [0, 0.1) is 0 Å². The Bertz CT molecular complexity index is 667. The summed E-state index contributed by atoms with van der Waals surface area (Å²) in [4.78, 5) is 19.0. The summed E-state index contributed by atoms with van der Waals surface area (Å²) >= 11 is 0. The molecule has 32 heavy (non-hydrogen) atoms. The summed E-state index contributed by atoms with van der Waals surface area (Å²) in [6.45, 7) is 12.9. The van der Waals surface area contributed by atoms with E-state index in [4.69, 9.17) is 9.57 Å². The van der Waals surface area contributed by atoms with Gasteiger partial charge in [0.1, 0.15) is 12.7 Å². The molecule has 1 unspecified atom stereocenters. The summed E-state index contributed by atoms with van der Waals surface area (Å²) in [7, 11) is 0. The molecular weight excluding hydrogens is 398 g/mol. The summed E-state index contributed by atoms with van der Waals surface area (Å²) in [6, 6.07) is 10.1. The van der Waals surface area contributed by atoms with Crippen LogP contribution in [0.3, 0.4) is 0 Å². The molecular formula is C28H45NO3. The van der Waals surface area contributed by atoms with Crippen LogP contribution in [0.15, 0.2) is 43.0 Å². The molecule has 0 amide bonds. The van der Waals surface area contributed by atoms with E-state index >= 15 is 0 Å². The highest BCUT2D eigenvalue weighted by atomic mass is 16.7. The van der Waals surface area contributed by atoms with Gasteiger partial charge in [-0.15, -0.1) is 6.58 Å². The number of benzene rings is 1. The van der Waals surface area contributed by atoms with Crippen LogP contribution in [-0.2, 0) is 14.4 Å². The van der Waals surface area contributed by atoms with Crippen LogP contribution in [0.5, 0.6) is 0 Å². The maximum Gasteiger partial charge on any atom is 0.305 e. The molecule has 0 spiro atoms. The number of ether oxygens (including phenoxy) is 1. The number of piperidine rings is 1. The minimum Gasteiger partial charge on any atom is -0.462 e. The van der Waals surface area contributed by atoms with E-state index in [1.54, 1.807) is 0 Å². The van der Waals surface area contributed by atoms with E-state index in [9.17, 15) is 4.79 Å². The second-order valence-corrected chi connectivity index (χ2v) is 10.4. The average Bonchev–Trinajstić information content (AvgIpc) is 2.75. The van der Waals surface area contributed by atoms with Gasteiger partial charge in [0.05, 0.1) is 0 Å². The van der Waals surface area contributed by atoms with Gasteiger partial charge in [0, 0.05) is 17.5 Å². The molecule has 4 nitrogen and oxygen atoms in total. The lowest BCUT2D eigenvalue weighted by molar-refractivity contribution is -0.311. The normalized spacial score (nSPS) is 18.8. The Labute approximate surface area is 196 Å². The molecule has 4 heteroatoms. The first-order chi connectivity index (χ1) is 15.3. The molecule has 1 aromatic carbocycles. The van der Waals surface area contributed by atoms with Crippen molar-refractivity contribution in [3.05, 3.63) is 48.6 Å². The van der Waals surface area contributed by atoms with Gasteiger partial charge in [-0.3, -0.25) is 9.63 Å². The van der Waals surface area contributed by atoms with Gasteiger partial charge in [-0.2, -0.15) is 5.06 Å². The average molecular weight is 444 g/mol. The molecule has 0 aliphatic carbocycles. The third-order valence-corrected chi connectivity index (χ3v) is 6.52. The highest BCUT2D eigenvalue weighted by Crippen LogP contribution is 2.40. The molecule has 0 radical (unpaired) electrons.